The smallest absolute Gasteiger partial charge is 0.242 e. The number of nitrogens with zero attached hydrogens (tertiary/aromatic N) is 1. The van der Waals surface area contributed by atoms with Gasteiger partial charge in [0.2, 0.25) is 17.7 Å². The Balaban J connectivity index is 0.00000441. The minimum Gasteiger partial charge on any atom is -0.352 e. The number of nitrogens with one attached hydrogen (secondary N) is 2. The molecule has 128 valence electrons. The highest BCUT2D eigenvalue weighted by molar-refractivity contribution is 5.87. The van der Waals surface area contributed by atoms with E-state index in [1.54, 1.807) is 4.90 Å². The van der Waals surface area contributed by atoms with E-state index in [9.17, 15) is 14.4 Å². The Kier molecular flexibility index (Phi) is 9.04. The van der Waals surface area contributed by atoms with Gasteiger partial charge in [-0.1, -0.05) is 13.8 Å². The molecule has 0 spiro atoms. The summed E-state index contributed by atoms with van der Waals surface area (Å²) in [7, 11) is 0. The molecule has 0 aliphatic carbocycles. The van der Waals surface area contributed by atoms with Gasteiger partial charge in [-0.15, -0.1) is 12.4 Å². The van der Waals surface area contributed by atoms with Crippen molar-refractivity contribution >= 4 is 30.1 Å². The van der Waals surface area contributed by atoms with Gasteiger partial charge in [-0.05, 0) is 18.8 Å². The van der Waals surface area contributed by atoms with E-state index in [0.29, 0.717) is 13.1 Å². The molecule has 0 bridgehead atoms. The number of halogens is 1. The summed E-state index contributed by atoms with van der Waals surface area (Å²) in [6, 6.07) is -0.611. The first-order chi connectivity index (χ1) is 9.81. The Bertz CT molecular complexity index is 404. The normalized spacial score (nSPS) is 19.1. The van der Waals surface area contributed by atoms with Crippen molar-refractivity contribution in [2.45, 2.75) is 45.7 Å². The summed E-state index contributed by atoms with van der Waals surface area (Å²) >= 11 is 0. The Morgan fingerprint density at radius 2 is 1.95 bits per heavy atom. The summed E-state index contributed by atoms with van der Waals surface area (Å²) in [5.41, 5.74) is 5.72. The lowest BCUT2D eigenvalue weighted by molar-refractivity contribution is -0.134. The van der Waals surface area contributed by atoms with Crippen LogP contribution in [-0.2, 0) is 14.4 Å². The molecule has 0 aromatic carbocycles. The lowest BCUT2D eigenvalue weighted by Crippen LogP contribution is -2.52. The molecule has 1 aliphatic heterocycles. The van der Waals surface area contributed by atoms with Crippen molar-refractivity contribution in [3.63, 3.8) is 0 Å². The van der Waals surface area contributed by atoms with E-state index in [2.05, 4.69) is 10.6 Å². The van der Waals surface area contributed by atoms with Crippen LogP contribution in [0, 0.1) is 5.92 Å². The summed E-state index contributed by atoms with van der Waals surface area (Å²) in [6.45, 7) is 6.27. The summed E-state index contributed by atoms with van der Waals surface area (Å²) in [6.07, 6.45) is 1.71. The van der Waals surface area contributed by atoms with Crippen molar-refractivity contribution in [1.82, 2.24) is 15.5 Å². The molecule has 8 heteroatoms. The third-order valence-electron chi connectivity index (χ3n) is 3.62. The fourth-order valence-electron chi connectivity index (χ4n) is 2.30. The topological polar surface area (TPSA) is 105 Å². The molecule has 1 aliphatic rings. The van der Waals surface area contributed by atoms with Gasteiger partial charge >= 0.3 is 0 Å². The average molecular weight is 335 g/mol. The minimum atomic E-state index is -0.605. The van der Waals surface area contributed by atoms with Crippen LogP contribution in [0.15, 0.2) is 0 Å². The van der Waals surface area contributed by atoms with Gasteiger partial charge < -0.3 is 21.3 Å². The molecule has 0 aromatic heterocycles. The van der Waals surface area contributed by atoms with Crippen molar-refractivity contribution in [2.24, 2.45) is 11.7 Å². The number of hydrogen-bond acceptors (Lipinski definition) is 4. The molecule has 1 fully saturated rings. The van der Waals surface area contributed by atoms with Crippen LogP contribution < -0.4 is 16.4 Å². The zero-order chi connectivity index (χ0) is 16.0. The quantitative estimate of drug-likeness (QED) is 0.638. The van der Waals surface area contributed by atoms with E-state index >= 15 is 0 Å². The third-order valence-corrected chi connectivity index (χ3v) is 3.62. The summed E-state index contributed by atoms with van der Waals surface area (Å²) < 4.78 is 0. The second-order valence-corrected chi connectivity index (χ2v) is 5.87. The van der Waals surface area contributed by atoms with E-state index in [0.717, 1.165) is 12.8 Å². The minimum absolute atomic E-state index is 0. The number of amides is 3. The fourth-order valence-corrected chi connectivity index (χ4v) is 2.30. The van der Waals surface area contributed by atoms with E-state index in [-0.39, 0.29) is 48.6 Å². The van der Waals surface area contributed by atoms with Crippen LogP contribution in [0.4, 0.5) is 0 Å². The van der Waals surface area contributed by atoms with Crippen LogP contribution in [0.25, 0.3) is 0 Å². The van der Waals surface area contributed by atoms with Crippen LogP contribution in [-0.4, -0.2) is 54.3 Å². The van der Waals surface area contributed by atoms with Crippen LogP contribution in [0.3, 0.4) is 0 Å². The molecule has 1 unspecified atom stereocenters. The van der Waals surface area contributed by atoms with Gasteiger partial charge in [0.1, 0.15) is 0 Å². The lowest BCUT2D eigenvalue weighted by Gasteiger charge is -2.33. The molecule has 0 radical (unpaired) electrons. The summed E-state index contributed by atoms with van der Waals surface area (Å²) in [5, 5.41) is 5.40. The number of carbonyl (C=O) groups is 3. The Hall–Kier alpha value is -1.34. The van der Waals surface area contributed by atoms with Gasteiger partial charge in [-0.25, -0.2) is 0 Å². The van der Waals surface area contributed by atoms with E-state index in [1.165, 1.54) is 6.92 Å². The highest BCUT2D eigenvalue weighted by atomic mass is 35.5. The number of piperidine rings is 1. The van der Waals surface area contributed by atoms with E-state index in [1.807, 2.05) is 13.8 Å². The molecule has 2 atom stereocenters. The third kappa shape index (κ3) is 6.62. The summed E-state index contributed by atoms with van der Waals surface area (Å²) in [5.74, 6) is -0.520. The standard InChI is InChI=1S/C14H26N4O3.ClH/c1-9(2)13(15)14(21)16-7-12(20)18-6-4-5-11(8-18)17-10(3)19;/h9,11,13H,4-8,15H2,1-3H3,(H,16,21)(H,17,19);1H/t11?,13-;/m0./s1. The number of likely N-dealkylation sites (tertiary alicyclic amines) is 1. The van der Waals surface area contributed by atoms with E-state index in [4.69, 9.17) is 5.73 Å². The Morgan fingerprint density at radius 1 is 1.32 bits per heavy atom. The zero-order valence-electron chi connectivity index (χ0n) is 13.4. The van der Waals surface area contributed by atoms with Crippen molar-refractivity contribution in [1.29, 1.82) is 0 Å². The predicted molar refractivity (Wildman–Crippen MR) is 86.5 cm³/mol. The molecule has 3 amide bonds. The average Bonchev–Trinajstić information content (AvgIpc) is 2.42. The number of rotatable bonds is 5. The molecule has 4 N–H and O–H groups in total. The highest BCUT2D eigenvalue weighted by Crippen LogP contribution is 2.10. The predicted octanol–water partition coefficient (Wildman–Crippen LogP) is -0.365. The van der Waals surface area contributed by atoms with Crippen LogP contribution in [0.1, 0.15) is 33.6 Å². The first kappa shape index (κ1) is 20.7. The maximum absolute atomic E-state index is 12.1. The monoisotopic (exact) mass is 334 g/mol. The van der Waals surface area contributed by atoms with Crippen LogP contribution >= 0.6 is 12.4 Å². The molecular formula is C14H27ClN4O3. The Labute approximate surface area is 137 Å². The number of hydrogen-bond donors (Lipinski definition) is 3. The second kappa shape index (κ2) is 9.63. The van der Waals surface area contributed by atoms with Crippen LogP contribution in [0.5, 0.6) is 0 Å². The number of carbonyl (C=O) groups excluding carboxylic acids is 3. The first-order valence-corrected chi connectivity index (χ1v) is 7.39. The van der Waals surface area contributed by atoms with Gasteiger partial charge in [-0.2, -0.15) is 0 Å². The molecule has 1 saturated heterocycles. The molecule has 1 rings (SSSR count). The summed E-state index contributed by atoms with van der Waals surface area (Å²) in [4.78, 5) is 36.5. The van der Waals surface area contributed by atoms with Crippen molar-refractivity contribution in [3.8, 4) is 0 Å². The fraction of sp³-hybridized carbons (Fsp3) is 0.786. The molecule has 1 heterocycles. The van der Waals surface area contributed by atoms with Gasteiger partial charge in [0.15, 0.2) is 0 Å². The second-order valence-electron chi connectivity index (χ2n) is 5.87. The lowest BCUT2D eigenvalue weighted by atomic mass is 10.0. The van der Waals surface area contributed by atoms with Gasteiger partial charge in [0.05, 0.1) is 12.6 Å². The maximum Gasteiger partial charge on any atom is 0.242 e. The van der Waals surface area contributed by atoms with Gasteiger partial charge in [0.25, 0.3) is 0 Å². The van der Waals surface area contributed by atoms with Crippen molar-refractivity contribution in [3.05, 3.63) is 0 Å². The van der Waals surface area contributed by atoms with Crippen LogP contribution in [0.2, 0.25) is 0 Å². The first-order valence-electron chi connectivity index (χ1n) is 7.39. The maximum atomic E-state index is 12.1. The van der Waals surface area contributed by atoms with Gasteiger partial charge in [-0.3, -0.25) is 14.4 Å². The molecule has 0 saturated carbocycles. The highest BCUT2D eigenvalue weighted by Gasteiger charge is 2.25. The van der Waals surface area contributed by atoms with Crippen molar-refractivity contribution < 1.29 is 14.4 Å². The van der Waals surface area contributed by atoms with Crippen molar-refractivity contribution in [2.75, 3.05) is 19.6 Å². The number of nitrogens with two attached hydrogens (primary N) is 1. The largest absolute Gasteiger partial charge is 0.352 e. The van der Waals surface area contributed by atoms with Gasteiger partial charge in [0, 0.05) is 26.1 Å². The SMILES string of the molecule is CC(=O)NC1CCCN(C(=O)CNC(=O)[C@@H](N)C(C)C)C1.Cl. The molecule has 0 aromatic rings. The molecule has 7 nitrogen and oxygen atoms in total. The molecular weight excluding hydrogens is 308 g/mol. The molecule has 22 heavy (non-hydrogen) atoms. The van der Waals surface area contributed by atoms with E-state index < -0.39 is 6.04 Å². The Morgan fingerprint density at radius 3 is 2.50 bits per heavy atom. The zero-order valence-corrected chi connectivity index (χ0v) is 14.2.